The van der Waals surface area contributed by atoms with Crippen LogP contribution in [0.2, 0.25) is 0 Å². The summed E-state index contributed by atoms with van der Waals surface area (Å²) in [6.07, 6.45) is 4.12. The number of halogens is 2. The average Bonchev–Trinajstić information content (AvgIpc) is 3.32. The molecule has 1 aliphatic heterocycles. The van der Waals surface area contributed by atoms with Crippen molar-refractivity contribution in [2.45, 2.75) is 18.6 Å². The van der Waals surface area contributed by atoms with E-state index >= 15 is 0 Å². The molecule has 8 heteroatoms. The molecule has 3 heterocycles. The lowest BCUT2D eigenvalue weighted by Gasteiger charge is -2.16. The van der Waals surface area contributed by atoms with Crippen molar-refractivity contribution in [2.24, 2.45) is 11.7 Å². The Labute approximate surface area is 194 Å². The molecule has 1 fully saturated rings. The zero-order valence-corrected chi connectivity index (χ0v) is 19.4. The molecule has 1 amide bonds. The van der Waals surface area contributed by atoms with E-state index in [1.807, 2.05) is 27.6 Å². The summed E-state index contributed by atoms with van der Waals surface area (Å²) >= 11 is 1.63. The van der Waals surface area contributed by atoms with Crippen LogP contribution in [0.25, 0.3) is 5.65 Å². The van der Waals surface area contributed by atoms with Gasteiger partial charge in [-0.25, -0.2) is 4.98 Å². The van der Waals surface area contributed by atoms with Crippen LogP contribution in [-0.2, 0) is 10.5 Å². The predicted octanol–water partition coefficient (Wildman–Crippen LogP) is 3.92. The van der Waals surface area contributed by atoms with Crippen LogP contribution in [0.4, 0.5) is 0 Å². The Morgan fingerprint density at radius 3 is 2.63 bits per heavy atom. The summed E-state index contributed by atoms with van der Waals surface area (Å²) < 4.78 is 2.05. The number of pyridine rings is 1. The van der Waals surface area contributed by atoms with Gasteiger partial charge < -0.3 is 15.0 Å². The van der Waals surface area contributed by atoms with Crippen molar-refractivity contribution in [1.29, 1.82) is 0 Å². The molecular formula is C22H28Cl2N4OS. The highest BCUT2D eigenvalue weighted by molar-refractivity contribution is 7.99. The highest BCUT2D eigenvalue weighted by Crippen LogP contribution is 2.32. The molecule has 2 aromatic heterocycles. The van der Waals surface area contributed by atoms with Crippen molar-refractivity contribution < 1.29 is 4.79 Å². The van der Waals surface area contributed by atoms with E-state index in [1.165, 1.54) is 11.1 Å². The number of nitrogens with two attached hydrogens (primary N) is 1. The molecule has 0 spiro atoms. The van der Waals surface area contributed by atoms with Gasteiger partial charge in [0.05, 0.1) is 11.4 Å². The average molecular weight is 467 g/mol. The first kappa shape index (κ1) is 24.5. The molecule has 2 atom stereocenters. The Hall–Kier alpha value is -1.73. The molecule has 0 bridgehead atoms. The molecule has 0 saturated carbocycles. The number of likely N-dealkylation sites (tertiary alicyclic amines) is 1. The molecule has 1 saturated heterocycles. The van der Waals surface area contributed by atoms with Crippen molar-refractivity contribution in [3.8, 4) is 0 Å². The number of rotatable bonds is 6. The van der Waals surface area contributed by atoms with Crippen LogP contribution in [0, 0.1) is 12.8 Å². The number of fused-ring (bicyclic) bond motifs is 1. The van der Waals surface area contributed by atoms with Crippen molar-refractivity contribution in [2.75, 3.05) is 25.4 Å². The fourth-order valence-electron chi connectivity index (χ4n) is 3.95. The molecule has 2 N–H and O–H groups in total. The van der Waals surface area contributed by atoms with Gasteiger partial charge in [-0.15, -0.1) is 36.6 Å². The third kappa shape index (κ3) is 5.49. The number of carbonyl (C=O) groups excluding carboxylic acids is 1. The lowest BCUT2D eigenvalue weighted by Crippen LogP contribution is -2.31. The standard InChI is InChI=1S/C22H26N4OS.2ClH/c1-16-7-8-21-24-19(12-25(21)10-16)14-28-15-22(27)26-11-18(9-23)20(13-26)17-5-3-2-4-6-17;;/h2-8,10,12,18,20H,9,11,13-15,23H2,1H3;2*1H/t18-,20+;;/m1../s1. The van der Waals surface area contributed by atoms with Gasteiger partial charge in [0.15, 0.2) is 0 Å². The monoisotopic (exact) mass is 466 g/mol. The second-order valence-electron chi connectivity index (χ2n) is 7.51. The van der Waals surface area contributed by atoms with Gasteiger partial charge in [0, 0.05) is 37.2 Å². The summed E-state index contributed by atoms with van der Waals surface area (Å²) in [7, 11) is 0. The van der Waals surface area contributed by atoms with Gasteiger partial charge in [-0.05, 0) is 36.6 Å². The molecule has 30 heavy (non-hydrogen) atoms. The minimum Gasteiger partial charge on any atom is -0.341 e. The van der Waals surface area contributed by atoms with Gasteiger partial charge in [-0.1, -0.05) is 36.4 Å². The fourth-order valence-corrected chi connectivity index (χ4v) is 4.76. The van der Waals surface area contributed by atoms with Crippen molar-refractivity contribution in [3.05, 3.63) is 71.7 Å². The number of thioether (sulfide) groups is 1. The van der Waals surface area contributed by atoms with Crippen molar-refractivity contribution >= 4 is 48.1 Å². The van der Waals surface area contributed by atoms with Crippen LogP contribution < -0.4 is 5.73 Å². The quantitative estimate of drug-likeness (QED) is 0.597. The summed E-state index contributed by atoms with van der Waals surface area (Å²) in [6.45, 7) is 4.19. The normalized spacial score (nSPS) is 18.1. The minimum absolute atomic E-state index is 0. The first-order valence-corrected chi connectivity index (χ1v) is 10.8. The van der Waals surface area contributed by atoms with Crippen LogP contribution in [0.3, 0.4) is 0 Å². The van der Waals surface area contributed by atoms with E-state index in [4.69, 9.17) is 5.73 Å². The molecule has 4 rings (SSSR count). The lowest BCUT2D eigenvalue weighted by atomic mass is 9.89. The molecule has 162 valence electrons. The number of hydrogen-bond acceptors (Lipinski definition) is 4. The zero-order valence-electron chi connectivity index (χ0n) is 16.9. The maximum atomic E-state index is 12.7. The Bertz CT molecular complexity index is 966. The maximum Gasteiger partial charge on any atom is 0.232 e. The van der Waals surface area contributed by atoms with Gasteiger partial charge in [0.25, 0.3) is 0 Å². The third-order valence-corrected chi connectivity index (χ3v) is 6.40. The first-order chi connectivity index (χ1) is 13.6. The van der Waals surface area contributed by atoms with E-state index in [-0.39, 0.29) is 30.7 Å². The van der Waals surface area contributed by atoms with Crippen LogP contribution >= 0.6 is 36.6 Å². The van der Waals surface area contributed by atoms with E-state index in [0.717, 1.165) is 30.2 Å². The van der Waals surface area contributed by atoms with Crippen molar-refractivity contribution in [1.82, 2.24) is 14.3 Å². The second kappa shape index (κ2) is 11.0. The van der Waals surface area contributed by atoms with Gasteiger partial charge in [-0.3, -0.25) is 4.79 Å². The topological polar surface area (TPSA) is 63.6 Å². The number of amides is 1. The second-order valence-corrected chi connectivity index (χ2v) is 8.49. The Balaban J connectivity index is 0.00000160. The summed E-state index contributed by atoms with van der Waals surface area (Å²) in [5.74, 6) is 2.08. The number of nitrogens with zero attached hydrogens (tertiary/aromatic N) is 3. The molecule has 1 aromatic carbocycles. The predicted molar refractivity (Wildman–Crippen MR) is 129 cm³/mol. The van der Waals surface area contributed by atoms with Gasteiger partial charge in [-0.2, -0.15) is 0 Å². The van der Waals surface area contributed by atoms with E-state index in [1.54, 1.807) is 11.8 Å². The highest BCUT2D eigenvalue weighted by Gasteiger charge is 2.34. The summed E-state index contributed by atoms with van der Waals surface area (Å²) in [6, 6.07) is 14.5. The smallest absolute Gasteiger partial charge is 0.232 e. The van der Waals surface area contributed by atoms with Crippen LogP contribution in [0.1, 0.15) is 22.7 Å². The van der Waals surface area contributed by atoms with E-state index in [2.05, 4.69) is 48.4 Å². The molecule has 0 radical (unpaired) electrons. The zero-order chi connectivity index (χ0) is 19.5. The molecule has 3 aromatic rings. The Morgan fingerprint density at radius 2 is 1.90 bits per heavy atom. The van der Waals surface area contributed by atoms with Gasteiger partial charge in [0.2, 0.25) is 5.91 Å². The summed E-state index contributed by atoms with van der Waals surface area (Å²) in [4.78, 5) is 19.3. The highest BCUT2D eigenvalue weighted by atomic mass is 35.5. The van der Waals surface area contributed by atoms with Crippen LogP contribution in [0.5, 0.6) is 0 Å². The van der Waals surface area contributed by atoms with Crippen molar-refractivity contribution in [3.63, 3.8) is 0 Å². The fraction of sp³-hybridized carbons (Fsp3) is 0.364. The minimum atomic E-state index is 0. The molecular weight excluding hydrogens is 439 g/mol. The number of imidazole rings is 1. The number of benzene rings is 1. The lowest BCUT2D eigenvalue weighted by molar-refractivity contribution is -0.127. The van der Waals surface area contributed by atoms with Crippen LogP contribution in [-0.4, -0.2) is 45.6 Å². The summed E-state index contributed by atoms with van der Waals surface area (Å²) in [5, 5.41) is 0. The number of aryl methyl sites for hydroxylation is 1. The number of carbonyl (C=O) groups is 1. The molecule has 1 aliphatic rings. The molecule has 0 unspecified atom stereocenters. The molecule has 5 nitrogen and oxygen atoms in total. The van der Waals surface area contributed by atoms with Crippen LogP contribution in [0.15, 0.2) is 54.9 Å². The number of aromatic nitrogens is 2. The SMILES string of the molecule is Cc1ccc2nc(CSCC(=O)N3C[C@@H](CN)[C@H](c4ccccc4)C3)cn2c1.Cl.Cl. The molecule has 0 aliphatic carbocycles. The van der Waals surface area contributed by atoms with E-state index < -0.39 is 0 Å². The van der Waals surface area contributed by atoms with Gasteiger partial charge >= 0.3 is 0 Å². The van der Waals surface area contributed by atoms with Gasteiger partial charge in [0.1, 0.15) is 5.65 Å². The van der Waals surface area contributed by atoms with E-state index in [0.29, 0.717) is 24.1 Å². The Morgan fingerprint density at radius 1 is 1.13 bits per heavy atom. The third-order valence-electron chi connectivity index (χ3n) is 5.45. The summed E-state index contributed by atoms with van der Waals surface area (Å²) in [5.41, 5.74) is 10.4. The maximum absolute atomic E-state index is 12.7. The van der Waals surface area contributed by atoms with E-state index in [9.17, 15) is 4.79 Å². The Kier molecular flexibility index (Phi) is 9.04. The largest absolute Gasteiger partial charge is 0.341 e. The number of hydrogen-bond donors (Lipinski definition) is 1. The first-order valence-electron chi connectivity index (χ1n) is 9.69.